The number of methoxy groups -OCH3 is 1. The minimum absolute atomic E-state index is 0.00927. The Hall–Kier alpha value is -2.91. The maximum atomic E-state index is 13.4. The number of alkyl halides is 3. The zero-order valence-electron chi connectivity index (χ0n) is 18.7. The topological polar surface area (TPSA) is 64.6 Å². The second kappa shape index (κ2) is 9.76. The van der Waals surface area contributed by atoms with Crippen molar-refractivity contribution in [2.45, 2.75) is 37.8 Å². The molecule has 0 amide bonds. The Morgan fingerprint density at radius 1 is 1.15 bits per heavy atom. The number of nitrogens with one attached hydrogen (secondary N) is 1. The van der Waals surface area contributed by atoms with Crippen LogP contribution in [0.2, 0.25) is 0 Å². The Balaban J connectivity index is 1.76. The van der Waals surface area contributed by atoms with Crippen LogP contribution in [-0.4, -0.2) is 32.1 Å². The van der Waals surface area contributed by atoms with Crippen LogP contribution in [0, 0.1) is 0 Å². The van der Waals surface area contributed by atoms with Crippen LogP contribution < -0.4 is 5.32 Å². The highest BCUT2D eigenvalue weighted by molar-refractivity contribution is 7.10. The number of ether oxygens (including phenoxy) is 2. The van der Waals surface area contributed by atoms with Crippen LogP contribution in [0.5, 0.6) is 0 Å². The van der Waals surface area contributed by atoms with Crippen molar-refractivity contribution in [2.24, 2.45) is 0 Å². The van der Waals surface area contributed by atoms with Crippen LogP contribution in [0.25, 0.3) is 0 Å². The fourth-order valence-corrected chi connectivity index (χ4v) is 5.36. The molecule has 0 saturated heterocycles. The number of ketones is 1. The molecule has 4 rings (SSSR count). The number of benzene rings is 1. The first-order valence-corrected chi connectivity index (χ1v) is 11.7. The zero-order valence-corrected chi connectivity index (χ0v) is 19.5. The lowest BCUT2D eigenvalue weighted by Crippen LogP contribution is -2.36. The number of carbonyl (C=O) groups excluding carboxylic acids is 2. The smallest absolute Gasteiger partial charge is 0.416 e. The molecule has 2 heterocycles. The third-order valence-electron chi connectivity index (χ3n) is 6.09. The first kappa shape index (κ1) is 24.2. The number of halogens is 3. The lowest BCUT2D eigenvalue weighted by molar-refractivity contribution is -0.141. The fraction of sp³-hybridized carbons (Fsp3) is 0.360. The maximum Gasteiger partial charge on any atom is 0.416 e. The lowest BCUT2D eigenvalue weighted by atomic mass is 9.72. The van der Waals surface area contributed by atoms with E-state index in [-0.39, 0.29) is 36.9 Å². The molecule has 1 aromatic carbocycles. The van der Waals surface area contributed by atoms with Gasteiger partial charge in [-0.1, -0.05) is 18.2 Å². The molecule has 2 aliphatic rings. The molecule has 1 N–H and O–H groups in total. The predicted molar refractivity (Wildman–Crippen MR) is 121 cm³/mol. The van der Waals surface area contributed by atoms with Crippen LogP contribution in [0.1, 0.15) is 47.6 Å². The summed E-state index contributed by atoms with van der Waals surface area (Å²) in [6.07, 6.45) is -3.65. The molecular formula is C25H24F3NO4S. The van der Waals surface area contributed by atoms with E-state index in [2.05, 4.69) is 5.32 Å². The standard InChI is InChI=1S/C25H24F3NO4S/c1-14-21(24(31)33-10-9-32-2)22(15-5-7-17(8-6-15)25(26,27)28)23-18(29-14)12-16(13-19(23)30)20-4-3-11-34-20/h3-8,11,16,22,29H,9-10,12-13H2,1-2H3/t16-,22+/m1/s1. The van der Waals surface area contributed by atoms with Gasteiger partial charge in [-0.25, -0.2) is 4.79 Å². The van der Waals surface area contributed by atoms with Gasteiger partial charge in [0.15, 0.2) is 5.78 Å². The highest BCUT2D eigenvalue weighted by atomic mass is 32.1. The average Bonchev–Trinajstić information content (AvgIpc) is 3.32. The van der Waals surface area contributed by atoms with Crippen molar-refractivity contribution in [3.63, 3.8) is 0 Å². The number of Topliss-reactive ketones (excluding diaryl/α,β-unsaturated/α-hetero) is 1. The molecule has 1 aliphatic heterocycles. The Kier molecular flexibility index (Phi) is 6.95. The summed E-state index contributed by atoms with van der Waals surface area (Å²) < 4.78 is 49.7. The van der Waals surface area contributed by atoms with Gasteiger partial charge in [0, 0.05) is 47.2 Å². The second-order valence-corrected chi connectivity index (χ2v) is 9.26. The molecule has 1 aliphatic carbocycles. The van der Waals surface area contributed by atoms with Crippen molar-refractivity contribution >= 4 is 23.1 Å². The minimum Gasteiger partial charge on any atom is -0.460 e. The number of hydrogen-bond donors (Lipinski definition) is 1. The first-order valence-electron chi connectivity index (χ1n) is 10.8. The van der Waals surface area contributed by atoms with E-state index in [0.717, 1.165) is 17.0 Å². The van der Waals surface area contributed by atoms with Gasteiger partial charge in [-0.15, -0.1) is 11.3 Å². The van der Waals surface area contributed by atoms with E-state index in [9.17, 15) is 22.8 Å². The summed E-state index contributed by atoms with van der Waals surface area (Å²) in [5.74, 6) is -1.57. The van der Waals surface area contributed by atoms with E-state index in [1.807, 2.05) is 17.5 Å². The Morgan fingerprint density at radius 3 is 2.50 bits per heavy atom. The van der Waals surface area contributed by atoms with Crippen molar-refractivity contribution in [3.8, 4) is 0 Å². The van der Waals surface area contributed by atoms with Gasteiger partial charge < -0.3 is 14.8 Å². The normalized spacial score (nSPS) is 20.8. The molecule has 0 unspecified atom stereocenters. The molecule has 180 valence electrons. The summed E-state index contributed by atoms with van der Waals surface area (Å²) in [7, 11) is 1.48. The second-order valence-electron chi connectivity index (χ2n) is 8.28. The Morgan fingerprint density at radius 2 is 1.88 bits per heavy atom. The first-order chi connectivity index (χ1) is 16.2. The van der Waals surface area contributed by atoms with Gasteiger partial charge in [0.1, 0.15) is 6.61 Å². The molecule has 9 heteroatoms. The van der Waals surface area contributed by atoms with Crippen molar-refractivity contribution < 1.29 is 32.2 Å². The average molecular weight is 492 g/mol. The van der Waals surface area contributed by atoms with E-state index in [1.54, 1.807) is 18.3 Å². The van der Waals surface area contributed by atoms with Gasteiger partial charge in [-0.3, -0.25) is 4.79 Å². The van der Waals surface area contributed by atoms with Crippen molar-refractivity contribution in [2.75, 3.05) is 20.3 Å². The quantitative estimate of drug-likeness (QED) is 0.438. The number of thiophene rings is 1. The molecule has 2 aromatic rings. The fourth-order valence-electron chi connectivity index (χ4n) is 4.53. The number of dihydropyridines is 1. The monoisotopic (exact) mass is 491 g/mol. The van der Waals surface area contributed by atoms with E-state index < -0.39 is 23.6 Å². The molecule has 0 spiro atoms. The van der Waals surface area contributed by atoms with Gasteiger partial charge in [0.05, 0.1) is 17.7 Å². The number of carbonyl (C=O) groups is 2. The predicted octanol–water partition coefficient (Wildman–Crippen LogP) is 5.32. The van der Waals surface area contributed by atoms with E-state index in [1.165, 1.54) is 19.2 Å². The number of esters is 1. The number of hydrogen-bond acceptors (Lipinski definition) is 6. The van der Waals surface area contributed by atoms with Crippen LogP contribution in [0.3, 0.4) is 0 Å². The Bertz CT molecular complexity index is 1130. The molecule has 0 bridgehead atoms. The zero-order chi connectivity index (χ0) is 24.5. The van der Waals surface area contributed by atoms with Crippen LogP contribution in [-0.2, 0) is 25.2 Å². The van der Waals surface area contributed by atoms with Crippen LogP contribution in [0.4, 0.5) is 13.2 Å². The number of rotatable bonds is 6. The van der Waals surface area contributed by atoms with Gasteiger partial charge in [0.2, 0.25) is 0 Å². The van der Waals surface area contributed by atoms with Gasteiger partial charge >= 0.3 is 12.1 Å². The van der Waals surface area contributed by atoms with Crippen LogP contribution in [0.15, 0.2) is 64.3 Å². The van der Waals surface area contributed by atoms with Gasteiger partial charge in [0.25, 0.3) is 0 Å². The maximum absolute atomic E-state index is 13.4. The summed E-state index contributed by atoms with van der Waals surface area (Å²) >= 11 is 1.58. The molecule has 0 saturated carbocycles. The SMILES string of the molecule is COCCOC(=O)C1=C(C)NC2=C(C(=O)C[C@H](c3cccs3)C2)[C@H]1c1ccc(C(F)(F)F)cc1. The Labute approximate surface area is 199 Å². The van der Waals surface area contributed by atoms with Crippen LogP contribution >= 0.6 is 11.3 Å². The molecule has 2 atom stereocenters. The van der Waals surface area contributed by atoms with Crippen molar-refractivity contribution in [1.82, 2.24) is 5.32 Å². The van der Waals surface area contributed by atoms with Crippen molar-refractivity contribution in [3.05, 3.63) is 80.3 Å². The lowest BCUT2D eigenvalue weighted by Gasteiger charge is -2.36. The third-order valence-corrected chi connectivity index (χ3v) is 7.12. The molecule has 0 fully saturated rings. The summed E-state index contributed by atoms with van der Waals surface area (Å²) in [5.41, 5.74) is 1.49. The minimum atomic E-state index is -4.49. The number of allylic oxidation sites excluding steroid dienone is 3. The summed E-state index contributed by atoms with van der Waals surface area (Å²) in [6.45, 7) is 1.94. The van der Waals surface area contributed by atoms with E-state index in [4.69, 9.17) is 9.47 Å². The molecule has 5 nitrogen and oxygen atoms in total. The van der Waals surface area contributed by atoms with Crippen molar-refractivity contribution in [1.29, 1.82) is 0 Å². The largest absolute Gasteiger partial charge is 0.460 e. The molecule has 0 radical (unpaired) electrons. The van der Waals surface area contributed by atoms with E-state index in [0.29, 0.717) is 29.0 Å². The molecular weight excluding hydrogens is 467 g/mol. The highest BCUT2D eigenvalue weighted by Gasteiger charge is 2.42. The third kappa shape index (κ3) is 4.81. The molecule has 1 aromatic heterocycles. The highest BCUT2D eigenvalue weighted by Crippen LogP contribution is 2.46. The summed E-state index contributed by atoms with van der Waals surface area (Å²) in [5, 5.41) is 5.19. The van der Waals surface area contributed by atoms with E-state index >= 15 is 0 Å². The molecule has 34 heavy (non-hydrogen) atoms. The summed E-state index contributed by atoms with van der Waals surface area (Å²) in [6, 6.07) is 8.54. The summed E-state index contributed by atoms with van der Waals surface area (Å²) in [4.78, 5) is 27.5. The van der Waals surface area contributed by atoms with Gasteiger partial charge in [-0.2, -0.15) is 13.2 Å². The van der Waals surface area contributed by atoms with Gasteiger partial charge in [-0.05, 0) is 42.5 Å².